The summed E-state index contributed by atoms with van der Waals surface area (Å²) in [5.74, 6) is 0. The van der Waals surface area contributed by atoms with Gasteiger partial charge in [-0.15, -0.1) is 0 Å². The Bertz CT molecular complexity index is 411. The number of halogens is 1. The van der Waals surface area contributed by atoms with Gasteiger partial charge in [0, 0.05) is 19.1 Å². The van der Waals surface area contributed by atoms with E-state index in [4.69, 9.17) is 16.3 Å². The fourth-order valence-electron chi connectivity index (χ4n) is 2.48. The van der Waals surface area contributed by atoms with Gasteiger partial charge in [0.2, 0.25) is 0 Å². The molecule has 19 heavy (non-hydrogen) atoms. The van der Waals surface area contributed by atoms with E-state index >= 15 is 0 Å². The summed E-state index contributed by atoms with van der Waals surface area (Å²) in [6.07, 6.45) is 1.14. The highest BCUT2D eigenvalue weighted by atomic mass is 35.5. The Hall–Kier alpha value is -0.770. The Morgan fingerprint density at radius 3 is 3.05 bits per heavy atom. The van der Waals surface area contributed by atoms with Crippen molar-refractivity contribution in [3.8, 4) is 0 Å². The van der Waals surface area contributed by atoms with Crippen molar-refractivity contribution >= 4 is 17.3 Å². The first-order chi connectivity index (χ1) is 9.24. The summed E-state index contributed by atoms with van der Waals surface area (Å²) in [5, 5.41) is 4.29. The van der Waals surface area contributed by atoms with Crippen LogP contribution in [0.25, 0.3) is 0 Å². The van der Waals surface area contributed by atoms with Crippen molar-refractivity contribution in [2.24, 2.45) is 0 Å². The molecule has 0 radical (unpaired) electrons. The number of nitrogens with zero attached hydrogens (tertiary/aromatic N) is 1. The van der Waals surface area contributed by atoms with Gasteiger partial charge in [-0.25, -0.2) is 0 Å². The van der Waals surface area contributed by atoms with Crippen molar-refractivity contribution in [1.29, 1.82) is 0 Å². The number of benzene rings is 1. The average Bonchev–Trinajstić information content (AvgIpc) is 2.41. The zero-order chi connectivity index (χ0) is 13.7. The first kappa shape index (κ1) is 14.6. The summed E-state index contributed by atoms with van der Waals surface area (Å²) in [5.41, 5.74) is 2.44. The van der Waals surface area contributed by atoms with Gasteiger partial charge >= 0.3 is 0 Å². The van der Waals surface area contributed by atoms with E-state index in [0.717, 1.165) is 44.3 Å². The van der Waals surface area contributed by atoms with Crippen molar-refractivity contribution in [3.63, 3.8) is 0 Å². The summed E-state index contributed by atoms with van der Waals surface area (Å²) < 4.78 is 5.51. The number of hydrogen-bond acceptors (Lipinski definition) is 3. The normalized spacial score (nSPS) is 19.7. The lowest BCUT2D eigenvalue weighted by Crippen LogP contribution is -2.44. The van der Waals surface area contributed by atoms with Crippen LogP contribution in [0, 0.1) is 0 Å². The number of rotatable bonds is 5. The number of para-hydroxylation sites is 1. The van der Waals surface area contributed by atoms with Crippen molar-refractivity contribution < 1.29 is 4.74 Å². The maximum atomic E-state index is 6.43. The Balaban J connectivity index is 2.21. The van der Waals surface area contributed by atoms with E-state index < -0.39 is 0 Å². The molecule has 1 aliphatic rings. The average molecular weight is 283 g/mol. The quantitative estimate of drug-likeness (QED) is 0.840. The van der Waals surface area contributed by atoms with Crippen molar-refractivity contribution in [2.45, 2.75) is 32.9 Å². The van der Waals surface area contributed by atoms with Crippen LogP contribution in [0.3, 0.4) is 0 Å². The zero-order valence-corrected chi connectivity index (χ0v) is 12.5. The molecule has 4 heteroatoms. The fourth-order valence-corrected chi connectivity index (χ4v) is 2.79. The van der Waals surface area contributed by atoms with Crippen LogP contribution in [0.4, 0.5) is 5.69 Å². The fraction of sp³-hybridized carbons (Fsp3) is 0.600. The summed E-state index contributed by atoms with van der Waals surface area (Å²) in [6.45, 7) is 8.72. The highest BCUT2D eigenvalue weighted by Gasteiger charge is 2.23. The SMILES string of the molecule is CCCNCc1cccc(Cl)c1N1CCOCC1C. The summed E-state index contributed by atoms with van der Waals surface area (Å²) in [4.78, 5) is 2.37. The number of morpholine rings is 1. The molecule has 0 spiro atoms. The Morgan fingerprint density at radius 1 is 1.47 bits per heavy atom. The van der Waals surface area contributed by atoms with Gasteiger partial charge in [-0.3, -0.25) is 0 Å². The minimum absolute atomic E-state index is 0.374. The molecule has 0 aliphatic carbocycles. The van der Waals surface area contributed by atoms with Crippen molar-refractivity contribution in [1.82, 2.24) is 5.32 Å². The van der Waals surface area contributed by atoms with Gasteiger partial charge in [-0.05, 0) is 31.5 Å². The van der Waals surface area contributed by atoms with Crippen molar-refractivity contribution in [2.75, 3.05) is 31.2 Å². The first-order valence-electron chi connectivity index (χ1n) is 7.06. The predicted octanol–water partition coefficient (Wildman–Crippen LogP) is 3.06. The van der Waals surface area contributed by atoms with Gasteiger partial charge in [0.05, 0.1) is 23.9 Å². The molecular formula is C15H23ClN2O. The third kappa shape index (κ3) is 3.62. The second-order valence-corrected chi connectivity index (χ2v) is 5.45. The first-order valence-corrected chi connectivity index (χ1v) is 7.44. The van der Waals surface area contributed by atoms with E-state index in [2.05, 4.69) is 30.1 Å². The number of hydrogen-bond donors (Lipinski definition) is 1. The third-order valence-electron chi connectivity index (χ3n) is 3.47. The highest BCUT2D eigenvalue weighted by Crippen LogP contribution is 2.32. The Morgan fingerprint density at radius 2 is 2.32 bits per heavy atom. The lowest BCUT2D eigenvalue weighted by molar-refractivity contribution is 0.0988. The molecule has 0 saturated carbocycles. The van der Waals surface area contributed by atoms with Crippen LogP contribution in [0.1, 0.15) is 25.8 Å². The van der Waals surface area contributed by atoms with Crippen molar-refractivity contribution in [3.05, 3.63) is 28.8 Å². The Kier molecular flexibility index (Phi) is 5.49. The predicted molar refractivity (Wildman–Crippen MR) is 81.1 cm³/mol. The molecule has 1 aromatic carbocycles. The lowest BCUT2D eigenvalue weighted by Gasteiger charge is -2.37. The van der Waals surface area contributed by atoms with Gasteiger partial charge in [-0.2, -0.15) is 0 Å². The summed E-state index contributed by atoms with van der Waals surface area (Å²) in [7, 11) is 0. The molecule has 106 valence electrons. The van der Waals surface area contributed by atoms with E-state index in [0.29, 0.717) is 6.04 Å². The van der Waals surface area contributed by atoms with Crippen LogP contribution in [-0.2, 0) is 11.3 Å². The minimum Gasteiger partial charge on any atom is -0.377 e. The highest BCUT2D eigenvalue weighted by molar-refractivity contribution is 6.33. The van der Waals surface area contributed by atoms with Gasteiger partial charge in [-0.1, -0.05) is 30.7 Å². The monoisotopic (exact) mass is 282 g/mol. The van der Waals surface area contributed by atoms with Gasteiger partial charge in [0.1, 0.15) is 0 Å². The van der Waals surface area contributed by atoms with Crippen LogP contribution in [-0.4, -0.2) is 32.3 Å². The molecule has 0 bridgehead atoms. The summed E-state index contributed by atoms with van der Waals surface area (Å²) >= 11 is 6.43. The van der Waals surface area contributed by atoms with Crippen LogP contribution in [0.15, 0.2) is 18.2 Å². The standard InChI is InChI=1S/C15H23ClN2O/c1-3-7-17-10-13-5-4-6-14(16)15(13)18-8-9-19-11-12(18)2/h4-6,12,17H,3,7-11H2,1-2H3. The smallest absolute Gasteiger partial charge is 0.0668 e. The molecule has 1 atom stereocenters. The molecule has 1 aromatic rings. The molecule has 1 aliphatic heterocycles. The molecule has 3 nitrogen and oxygen atoms in total. The molecule has 1 N–H and O–H groups in total. The molecular weight excluding hydrogens is 260 g/mol. The topological polar surface area (TPSA) is 24.5 Å². The number of ether oxygens (including phenoxy) is 1. The van der Waals surface area contributed by atoms with E-state index in [1.807, 2.05) is 12.1 Å². The second-order valence-electron chi connectivity index (χ2n) is 5.04. The van der Waals surface area contributed by atoms with Crippen LogP contribution in [0.2, 0.25) is 5.02 Å². The second kappa shape index (κ2) is 7.13. The molecule has 1 unspecified atom stereocenters. The van der Waals surface area contributed by atoms with Crippen LogP contribution < -0.4 is 10.2 Å². The van der Waals surface area contributed by atoms with Gasteiger partial charge < -0.3 is 15.0 Å². The largest absolute Gasteiger partial charge is 0.377 e. The third-order valence-corrected chi connectivity index (χ3v) is 3.77. The molecule has 0 amide bonds. The molecule has 0 aromatic heterocycles. The molecule has 1 saturated heterocycles. The maximum absolute atomic E-state index is 6.43. The van der Waals surface area contributed by atoms with Gasteiger partial charge in [0.25, 0.3) is 0 Å². The molecule has 1 heterocycles. The zero-order valence-electron chi connectivity index (χ0n) is 11.8. The van der Waals surface area contributed by atoms with Crippen LogP contribution in [0.5, 0.6) is 0 Å². The van der Waals surface area contributed by atoms with E-state index in [-0.39, 0.29) is 0 Å². The molecule has 2 rings (SSSR count). The van der Waals surface area contributed by atoms with Crippen LogP contribution >= 0.6 is 11.6 Å². The minimum atomic E-state index is 0.374. The lowest BCUT2D eigenvalue weighted by atomic mass is 10.1. The van der Waals surface area contributed by atoms with E-state index in [1.165, 1.54) is 11.3 Å². The Labute approximate surface area is 120 Å². The number of anilines is 1. The maximum Gasteiger partial charge on any atom is 0.0668 e. The summed E-state index contributed by atoms with van der Waals surface area (Å²) in [6, 6.07) is 6.53. The molecule has 1 fully saturated rings. The van der Waals surface area contributed by atoms with E-state index in [9.17, 15) is 0 Å². The number of nitrogens with one attached hydrogen (secondary N) is 1. The van der Waals surface area contributed by atoms with E-state index in [1.54, 1.807) is 0 Å². The van der Waals surface area contributed by atoms with Gasteiger partial charge in [0.15, 0.2) is 0 Å².